The van der Waals surface area contributed by atoms with Gasteiger partial charge in [-0.25, -0.2) is 0 Å². The molecule has 0 unspecified atom stereocenters. The minimum Gasteiger partial charge on any atom is -0.391 e. The molecule has 0 spiro atoms. The van der Waals surface area contributed by atoms with Crippen LogP contribution in [0.5, 0.6) is 0 Å². The molecule has 2 nitrogen and oxygen atoms in total. The summed E-state index contributed by atoms with van der Waals surface area (Å²) in [6, 6.07) is 28.3. The smallest absolute Gasteiger partial charge is 0.0773 e. The third-order valence-corrected chi connectivity index (χ3v) is 4.86. The zero-order valence-corrected chi connectivity index (χ0v) is 14.0. The van der Waals surface area contributed by atoms with E-state index in [1.807, 2.05) is 48.5 Å². The molecule has 0 aliphatic carbocycles. The maximum absolute atomic E-state index is 10.7. The summed E-state index contributed by atoms with van der Waals surface area (Å²) in [5.41, 5.74) is 8.58. The molecule has 0 fully saturated rings. The van der Waals surface area contributed by atoms with Gasteiger partial charge in [0.1, 0.15) is 0 Å². The maximum Gasteiger partial charge on any atom is 0.0773 e. The van der Waals surface area contributed by atoms with Crippen LogP contribution in [0.4, 0.5) is 0 Å². The topological polar surface area (TPSA) is 46.2 Å². The van der Waals surface area contributed by atoms with Crippen LogP contribution in [0.1, 0.15) is 17.2 Å². The van der Waals surface area contributed by atoms with Gasteiger partial charge < -0.3 is 10.8 Å². The van der Waals surface area contributed by atoms with Crippen LogP contribution in [0.2, 0.25) is 0 Å². The Hall–Kier alpha value is -2.68. The fraction of sp³-hybridized carbons (Fsp3) is 0.130. The van der Waals surface area contributed by atoms with Crippen molar-refractivity contribution in [1.29, 1.82) is 0 Å². The van der Waals surface area contributed by atoms with Gasteiger partial charge in [-0.05, 0) is 38.7 Å². The number of rotatable bonds is 4. The van der Waals surface area contributed by atoms with Gasteiger partial charge in [-0.2, -0.15) is 0 Å². The molecular weight excluding hydrogens is 306 g/mol. The Balaban J connectivity index is 1.79. The van der Waals surface area contributed by atoms with Crippen molar-refractivity contribution in [3.05, 3.63) is 96.1 Å². The first kappa shape index (κ1) is 15.8. The summed E-state index contributed by atoms with van der Waals surface area (Å²) in [6.07, 6.45) is -0.0876. The maximum atomic E-state index is 10.7. The van der Waals surface area contributed by atoms with E-state index in [4.69, 9.17) is 5.73 Å². The van der Waals surface area contributed by atoms with Gasteiger partial charge >= 0.3 is 0 Å². The Labute approximate surface area is 147 Å². The lowest BCUT2D eigenvalue weighted by atomic mass is 9.90. The zero-order valence-electron chi connectivity index (χ0n) is 14.0. The van der Waals surface area contributed by atoms with E-state index < -0.39 is 12.1 Å². The molecule has 4 aromatic rings. The van der Waals surface area contributed by atoms with Crippen molar-refractivity contribution in [2.75, 3.05) is 0 Å². The Morgan fingerprint density at radius 2 is 1.32 bits per heavy atom. The van der Waals surface area contributed by atoms with Crippen LogP contribution in [-0.2, 0) is 6.42 Å². The molecule has 3 N–H and O–H groups in total. The van der Waals surface area contributed by atoms with E-state index in [1.165, 1.54) is 10.8 Å². The molecule has 0 aliphatic heterocycles. The fourth-order valence-corrected chi connectivity index (χ4v) is 3.55. The van der Waals surface area contributed by atoms with Crippen molar-refractivity contribution in [1.82, 2.24) is 0 Å². The Kier molecular flexibility index (Phi) is 4.22. The zero-order chi connectivity index (χ0) is 17.2. The van der Waals surface area contributed by atoms with Crippen LogP contribution in [0, 0.1) is 0 Å². The second kappa shape index (κ2) is 6.67. The van der Waals surface area contributed by atoms with E-state index in [0.717, 1.165) is 21.9 Å². The first-order valence-electron chi connectivity index (χ1n) is 8.62. The summed E-state index contributed by atoms with van der Waals surface area (Å²) in [6.45, 7) is 0. The number of aliphatic hydroxyl groups excluding tert-OH is 1. The SMILES string of the molecule is N[C@@H](c1cc2ccccc2c2ccccc12)[C@H](O)Cc1ccccc1. The molecule has 25 heavy (non-hydrogen) atoms. The van der Waals surface area contributed by atoms with Crippen LogP contribution < -0.4 is 5.73 Å². The van der Waals surface area contributed by atoms with Crippen LogP contribution in [0.15, 0.2) is 84.9 Å². The first-order chi connectivity index (χ1) is 12.2. The number of aliphatic hydroxyl groups is 1. The summed E-state index contributed by atoms with van der Waals surface area (Å²) < 4.78 is 0. The van der Waals surface area contributed by atoms with Gasteiger partial charge in [-0.1, -0.05) is 78.9 Å². The van der Waals surface area contributed by atoms with Crippen molar-refractivity contribution < 1.29 is 5.11 Å². The molecule has 0 amide bonds. The molecule has 124 valence electrons. The van der Waals surface area contributed by atoms with E-state index in [1.54, 1.807) is 0 Å². The lowest BCUT2D eigenvalue weighted by Gasteiger charge is -2.22. The predicted octanol–water partition coefficient (Wildman–Crippen LogP) is 4.60. The van der Waals surface area contributed by atoms with Crippen LogP contribution in [0.25, 0.3) is 21.5 Å². The van der Waals surface area contributed by atoms with Crippen LogP contribution in [0.3, 0.4) is 0 Å². The normalized spacial score (nSPS) is 13.8. The van der Waals surface area contributed by atoms with Crippen LogP contribution >= 0.6 is 0 Å². The summed E-state index contributed by atoms with van der Waals surface area (Å²) in [7, 11) is 0. The predicted molar refractivity (Wildman–Crippen MR) is 105 cm³/mol. The van der Waals surface area contributed by atoms with E-state index in [2.05, 4.69) is 36.4 Å². The summed E-state index contributed by atoms with van der Waals surface area (Å²) in [5.74, 6) is 0. The molecule has 0 heterocycles. The summed E-state index contributed by atoms with van der Waals surface area (Å²) in [5, 5.41) is 15.4. The molecule has 0 radical (unpaired) electrons. The highest BCUT2D eigenvalue weighted by Gasteiger charge is 2.20. The standard InChI is InChI=1S/C23H21NO/c24-23(22(25)14-16-8-2-1-3-9-16)21-15-17-10-4-5-11-18(17)19-12-6-7-13-20(19)21/h1-13,15,22-23,25H,14,24H2/t22-,23+/m1/s1. The molecule has 0 saturated heterocycles. The Bertz CT molecular complexity index is 1010. The van der Waals surface area contributed by atoms with Crippen molar-refractivity contribution in [2.24, 2.45) is 5.73 Å². The molecular formula is C23H21NO. The summed E-state index contributed by atoms with van der Waals surface area (Å²) in [4.78, 5) is 0. The number of nitrogens with two attached hydrogens (primary N) is 1. The van der Waals surface area contributed by atoms with Gasteiger partial charge in [0.2, 0.25) is 0 Å². The van der Waals surface area contributed by atoms with Crippen molar-refractivity contribution in [2.45, 2.75) is 18.6 Å². The molecule has 0 aliphatic rings. The van der Waals surface area contributed by atoms with Gasteiger partial charge in [0, 0.05) is 6.42 Å². The minimum absolute atomic E-state index is 0.435. The molecule has 4 aromatic carbocycles. The van der Waals surface area contributed by atoms with E-state index in [-0.39, 0.29) is 0 Å². The molecule has 2 atom stereocenters. The van der Waals surface area contributed by atoms with Gasteiger partial charge in [0.25, 0.3) is 0 Å². The minimum atomic E-state index is -0.632. The highest BCUT2D eigenvalue weighted by Crippen LogP contribution is 2.32. The lowest BCUT2D eigenvalue weighted by molar-refractivity contribution is 0.145. The molecule has 0 bridgehead atoms. The van der Waals surface area contributed by atoms with Crippen molar-refractivity contribution >= 4 is 21.5 Å². The van der Waals surface area contributed by atoms with E-state index in [9.17, 15) is 5.11 Å². The van der Waals surface area contributed by atoms with Gasteiger partial charge in [-0.3, -0.25) is 0 Å². The number of benzene rings is 4. The number of fused-ring (bicyclic) bond motifs is 3. The third kappa shape index (κ3) is 3.02. The average Bonchev–Trinajstić information content (AvgIpc) is 2.67. The van der Waals surface area contributed by atoms with Crippen molar-refractivity contribution in [3.8, 4) is 0 Å². The van der Waals surface area contributed by atoms with Gasteiger partial charge in [0.05, 0.1) is 12.1 Å². The first-order valence-corrected chi connectivity index (χ1v) is 8.62. The average molecular weight is 327 g/mol. The fourth-order valence-electron chi connectivity index (χ4n) is 3.55. The van der Waals surface area contributed by atoms with Crippen LogP contribution in [-0.4, -0.2) is 11.2 Å². The molecule has 4 rings (SSSR count). The summed E-state index contributed by atoms with van der Waals surface area (Å²) >= 11 is 0. The number of hydrogen-bond acceptors (Lipinski definition) is 2. The third-order valence-electron chi connectivity index (χ3n) is 4.86. The van der Waals surface area contributed by atoms with E-state index >= 15 is 0 Å². The lowest BCUT2D eigenvalue weighted by Crippen LogP contribution is -2.28. The highest BCUT2D eigenvalue weighted by atomic mass is 16.3. The van der Waals surface area contributed by atoms with Crippen molar-refractivity contribution in [3.63, 3.8) is 0 Å². The highest BCUT2D eigenvalue weighted by molar-refractivity contribution is 6.09. The van der Waals surface area contributed by atoms with Gasteiger partial charge in [0.15, 0.2) is 0 Å². The Morgan fingerprint density at radius 3 is 2.08 bits per heavy atom. The largest absolute Gasteiger partial charge is 0.391 e. The van der Waals surface area contributed by atoms with Gasteiger partial charge in [-0.15, -0.1) is 0 Å². The Morgan fingerprint density at radius 1 is 0.720 bits per heavy atom. The van der Waals surface area contributed by atoms with E-state index in [0.29, 0.717) is 6.42 Å². The quantitative estimate of drug-likeness (QED) is 0.538. The number of hydrogen-bond donors (Lipinski definition) is 2. The second-order valence-corrected chi connectivity index (χ2v) is 6.52. The molecule has 0 aromatic heterocycles. The molecule has 0 saturated carbocycles. The monoisotopic (exact) mass is 327 g/mol. The molecule has 2 heteroatoms. The second-order valence-electron chi connectivity index (χ2n) is 6.52.